The average molecular weight is 269 g/mol. The molecule has 3 N–H and O–H groups in total. The lowest BCUT2D eigenvalue weighted by Gasteiger charge is -2.10. The van der Waals surface area contributed by atoms with Crippen LogP contribution < -0.4 is 5.32 Å². The molecule has 0 saturated heterocycles. The monoisotopic (exact) mass is 269 g/mol. The molecule has 0 spiro atoms. The summed E-state index contributed by atoms with van der Waals surface area (Å²) in [6.45, 7) is 2.14. The number of rotatable bonds is 7. The van der Waals surface area contributed by atoms with Crippen LogP contribution in [0.15, 0.2) is 12.3 Å². The number of aromatic nitrogens is 1. The Morgan fingerprint density at radius 1 is 1.58 bits per heavy atom. The number of carboxylic acids is 1. The summed E-state index contributed by atoms with van der Waals surface area (Å²) in [5, 5.41) is 21.6. The Balaban J connectivity index is 2.42. The highest BCUT2D eigenvalue weighted by atomic mass is 16.6. The third-order valence-electron chi connectivity index (χ3n) is 2.59. The van der Waals surface area contributed by atoms with Crippen LogP contribution in [0, 0.1) is 16.0 Å². The maximum atomic E-state index is 11.6. The topological polar surface area (TPSA) is 125 Å². The first kappa shape index (κ1) is 14.7. The summed E-state index contributed by atoms with van der Waals surface area (Å²) < 4.78 is 0. The molecule has 104 valence electrons. The van der Waals surface area contributed by atoms with E-state index in [1.165, 1.54) is 0 Å². The summed E-state index contributed by atoms with van der Waals surface area (Å²) in [4.78, 5) is 34.4. The predicted molar refractivity (Wildman–Crippen MR) is 65.8 cm³/mol. The third-order valence-corrected chi connectivity index (χ3v) is 2.59. The molecular weight excluding hydrogens is 254 g/mol. The fraction of sp³-hybridized carbons (Fsp3) is 0.455. The Labute approximate surface area is 109 Å². The van der Waals surface area contributed by atoms with Crippen LogP contribution in [0.25, 0.3) is 0 Å². The molecule has 1 rings (SSSR count). The van der Waals surface area contributed by atoms with Crippen LogP contribution in [-0.2, 0) is 4.79 Å². The standard InChI is InChI=1S/C11H15N3O5/c1-7(2-3-10(15)16)5-13-11(17)9-4-8(6-12-9)14(18)19/h4,6-7,12H,2-3,5H2,1H3,(H,13,17)(H,15,16). The van der Waals surface area contributed by atoms with Crippen molar-refractivity contribution in [3.05, 3.63) is 28.1 Å². The number of amides is 1. The van der Waals surface area contributed by atoms with E-state index in [9.17, 15) is 19.7 Å². The fourth-order valence-electron chi connectivity index (χ4n) is 1.45. The molecule has 1 atom stereocenters. The van der Waals surface area contributed by atoms with Crippen molar-refractivity contribution in [2.45, 2.75) is 19.8 Å². The number of nitro groups is 1. The largest absolute Gasteiger partial charge is 0.481 e. The van der Waals surface area contributed by atoms with Crippen LogP contribution in [0.1, 0.15) is 30.3 Å². The van der Waals surface area contributed by atoms with Gasteiger partial charge in [0.15, 0.2) is 0 Å². The van der Waals surface area contributed by atoms with Crippen molar-refractivity contribution < 1.29 is 19.6 Å². The van der Waals surface area contributed by atoms with Gasteiger partial charge in [0.25, 0.3) is 11.6 Å². The van der Waals surface area contributed by atoms with Crippen LogP contribution in [0.4, 0.5) is 5.69 Å². The summed E-state index contributed by atoms with van der Waals surface area (Å²) in [5.74, 6) is -1.31. The second kappa shape index (κ2) is 6.53. The van der Waals surface area contributed by atoms with Gasteiger partial charge in [0, 0.05) is 19.0 Å². The maximum Gasteiger partial charge on any atom is 0.303 e. The van der Waals surface area contributed by atoms with E-state index < -0.39 is 16.8 Å². The number of carbonyl (C=O) groups excluding carboxylic acids is 1. The van der Waals surface area contributed by atoms with E-state index in [0.717, 1.165) is 12.3 Å². The Morgan fingerprint density at radius 2 is 2.26 bits per heavy atom. The molecule has 1 unspecified atom stereocenters. The van der Waals surface area contributed by atoms with Crippen molar-refractivity contribution in [2.75, 3.05) is 6.54 Å². The van der Waals surface area contributed by atoms with Crippen LogP contribution in [-0.4, -0.2) is 33.4 Å². The first-order valence-corrected chi connectivity index (χ1v) is 5.73. The van der Waals surface area contributed by atoms with E-state index in [4.69, 9.17) is 5.11 Å². The molecule has 0 aliphatic heterocycles. The number of aliphatic carboxylic acids is 1. The van der Waals surface area contributed by atoms with Gasteiger partial charge >= 0.3 is 5.97 Å². The van der Waals surface area contributed by atoms with E-state index in [1.807, 2.05) is 6.92 Å². The second-order valence-corrected chi connectivity index (χ2v) is 4.28. The summed E-state index contributed by atoms with van der Waals surface area (Å²) in [7, 11) is 0. The van der Waals surface area contributed by atoms with Crippen molar-refractivity contribution in [1.82, 2.24) is 10.3 Å². The summed E-state index contributed by atoms with van der Waals surface area (Å²) in [6, 6.07) is 1.15. The van der Waals surface area contributed by atoms with Gasteiger partial charge in [0.2, 0.25) is 0 Å². The van der Waals surface area contributed by atoms with E-state index in [2.05, 4.69) is 10.3 Å². The molecule has 1 aromatic rings. The molecule has 8 heteroatoms. The Morgan fingerprint density at radius 3 is 2.79 bits per heavy atom. The predicted octanol–water partition coefficient (Wildman–Crippen LogP) is 1.15. The quantitative estimate of drug-likeness (QED) is 0.505. The molecule has 0 bridgehead atoms. The summed E-state index contributed by atoms with van der Waals surface area (Å²) >= 11 is 0. The summed E-state index contributed by atoms with van der Waals surface area (Å²) in [6.07, 6.45) is 1.65. The molecule has 8 nitrogen and oxygen atoms in total. The molecule has 1 heterocycles. The minimum absolute atomic E-state index is 0.0185. The molecule has 19 heavy (non-hydrogen) atoms. The molecule has 0 aromatic carbocycles. The van der Waals surface area contributed by atoms with Gasteiger partial charge in [-0.2, -0.15) is 0 Å². The number of hydrogen-bond acceptors (Lipinski definition) is 4. The van der Waals surface area contributed by atoms with E-state index in [-0.39, 0.29) is 23.7 Å². The molecule has 0 radical (unpaired) electrons. The normalized spacial score (nSPS) is 11.8. The van der Waals surface area contributed by atoms with E-state index in [0.29, 0.717) is 13.0 Å². The zero-order chi connectivity index (χ0) is 14.4. The van der Waals surface area contributed by atoms with Gasteiger partial charge in [-0.3, -0.25) is 19.7 Å². The number of carbonyl (C=O) groups is 2. The average Bonchev–Trinajstić information content (AvgIpc) is 2.83. The lowest BCUT2D eigenvalue weighted by molar-refractivity contribution is -0.384. The van der Waals surface area contributed by atoms with Crippen LogP contribution >= 0.6 is 0 Å². The van der Waals surface area contributed by atoms with Crippen LogP contribution in [0.5, 0.6) is 0 Å². The molecule has 0 fully saturated rings. The summed E-state index contributed by atoms with van der Waals surface area (Å²) in [5.41, 5.74) is -0.0683. The Bertz CT molecular complexity index is 482. The Hall–Kier alpha value is -2.38. The number of hydrogen-bond donors (Lipinski definition) is 3. The highest BCUT2D eigenvalue weighted by Crippen LogP contribution is 2.12. The maximum absolute atomic E-state index is 11.6. The molecule has 1 amide bonds. The van der Waals surface area contributed by atoms with Crippen LogP contribution in [0.2, 0.25) is 0 Å². The smallest absolute Gasteiger partial charge is 0.303 e. The van der Waals surface area contributed by atoms with Gasteiger partial charge < -0.3 is 15.4 Å². The Kier molecular flexibility index (Phi) is 5.04. The van der Waals surface area contributed by atoms with Gasteiger partial charge in [-0.05, 0) is 12.3 Å². The van der Waals surface area contributed by atoms with Crippen LogP contribution in [0.3, 0.4) is 0 Å². The van der Waals surface area contributed by atoms with Crippen molar-refractivity contribution in [3.63, 3.8) is 0 Å². The molecule has 0 aliphatic carbocycles. The van der Waals surface area contributed by atoms with Crippen molar-refractivity contribution in [1.29, 1.82) is 0 Å². The SMILES string of the molecule is CC(CCC(=O)O)CNC(=O)c1cc([N+](=O)[O-])c[nH]1. The zero-order valence-corrected chi connectivity index (χ0v) is 10.4. The minimum atomic E-state index is -0.877. The van der Waals surface area contributed by atoms with Gasteiger partial charge in [-0.15, -0.1) is 0 Å². The first-order valence-electron chi connectivity index (χ1n) is 5.73. The van der Waals surface area contributed by atoms with Crippen molar-refractivity contribution >= 4 is 17.6 Å². The lowest BCUT2D eigenvalue weighted by atomic mass is 10.1. The second-order valence-electron chi connectivity index (χ2n) is 4.28. The molecule has 1 aromatic heterocycles. The highest BCUT2D eigenvalue weighted by molar-refractivity contribution is 5.93. The third kappa shape index (κ3) is 4.78. The van der Waals surface area contributed by atoms with Gasteiger partial charge in [0.1, 0.15) is 5.69 Å². The molecule has 0 saturated carbocycles. The number of nitrogens with one attached hydrogen (secondary N) is 2. The van der Waals surface area contributed by atoms with Crippen molar-refractivity contribution in [3.8, 4) is 0 Å². The minimum Gasteiger partial charge on any atom is -0.481 e. The number of carboxylic acid groups (broad SMARTS) is 1. The molecular formula is C11H15N3O5. The van der Waals surface area contributed by atoms with E-state index >= 15 is 0 Å². The fourth-order valence-corrected chi connectivity index (χ4v) is 1.45. The number of nitrogens with zero attached hydrogens (tertiary/aromatic N) is 1. The highest BCUT2D eigenvalue weighted by Gasteiger charge is 2.15. The first-order chi connectivity index (χ1) is 8.90. The van der Waals surface area contributed by atoms with E-state index in [1.54, 1.807) is 0 Å². The molecule has 0 aliphatic rings. The zero-order valence-electron chi connectivity index (χ0n) is 10.4. The number of H-pyrrole nitrogens is 1. The lowest BCUT2D eigenvalue weighted by Crippen LogP contribution is -2.28. The van der Waals surface area contributed by atoms with Gasteiger partial charge in [-0.25, -0.2) is 0 Å². The number of aromatic amines is 1. The van der Waals surface area contributed by atoms with Gasteiger partial charge in [-0.1, -0.05) is 6.92 Å². The van der Waals surface area contributed by atoms with Gasteiger partial charge in [0.05, 0.1) is 11.1 Å². The van der Waals surface area contributed by atoms with Crippen molar-refractivity contribution in [2.24, 2.45) is 5.92 Å².